The third kappa shape index (κ3) is 1.95. The van der Waals surface area contributed by atoms with Crippen molar-refractivity contribution in [3.8, 4) is 0 Å². The standard InChI is InChI=1S/C13H14O6/c14-10-6-2-1-3-7(11(15)18-10)9-5-4-8(6)12(16)19-13(9)17/h6-9H,1-5H2. The van der Waals surface area contributed by atoms with Gasteiger partial charge in [-0.3, -0.25) is 19.2 Å². The SMILES string of the molecule is O=C1OC(=O)C2CCCC1C1CCC2C(=O)OC1=O. The van der Waals surface area contributed by atoms with Gasteiger partial charge in [0.05, 0.1) is 23.7 Å². The minimum Gasteiger partial charge on any atom is -0.393 e. The Morgan fingerprint density at radius 3 is 1.26 bits per heavy atom. The van der Waals surface area contributed by atoms with Crippen molar-refractivity contribution in [2.75, 3.05) is 0 Å². The zero-order valence-corrected chi connectivity index (χ0v) is 10.3. The second kappa shape index (κ2) is 4.43. The summed E-state index contributed by atoms with van der Waals surface area (Å²) in [5, 5.41) is 0. The Labute approximate surface area is 109 Å². The molecule has 0 N–H and O–H groups in total. The Hall–Kier alpha value is -1.72. The van der Waals surface area contributed by atoms with Gasteiger partial charge >= 0.3 is 23.9 Å². The highest BCUT2D eigenvalue weighted by Crippen LogP contribution is 2.40. The first-order chi connectivity index (χ1) is 9.08. The molecule has 3 aliphatic heterocycles. The summed E-state index contributed by atoms with van der Waals surface area (Å²) in [6.45, 7) is 0. The third-order valence-corrected chi connectivity index (χ3v) is 4.40. The fourth-order valence-corrected chi connectivity index (χ4v) is 3.35. The monoisotopic (exact) mass is 266 g/mol. The van der Waals surface area contributed by atoms with Crippen LogP contribution in [0.4, 0.5) is 0 Å². The van der Waals surface area contributed by atoms with E-state index in [4.69, 9.17) is 9.47 Å². The van der Waals surface area contributed by atoms with E-state index in [1.807, 2.05) is 0 Å². The molecule has 4 unspecified atom stereocenters. The normalized spacial score (nSPS) is 38.7. The second-order valence-electron chi connectivity index (χ2n) is 5.41. The molecular weight excluding hydrogens is 252 g/mol. The van der Waals surface area contributed by atoms with E-state index in [0.29, 0.717) is 32.1 Å². The molecular formula is C13H14O6. The molecule has 4 atom stereocenters. The van der Waals surface area contributed by atoms with Crippen LogP contribution in [0.2, 0.25) is 0 Å². The summed E-state index contributed by atoms with van der Waals surface area (Å²) in [4.78, 5) is 47.6. The van der Waals surface area contributed by atoms with Crippen molar-refractivity contribution in [1.29, 1.82) is 0 Å². The first kappa shape index (κ1) is 12.3. The van der Waals surface area contributed by atoms with Crippen LogP contribution in [0.15, 0.2) is 0 Å². The van der Waals surface area contributed by atoms with Crippen molar-refractivity contribution in [1.82, 2.24) is 0 Å². The molecule has 6 nitrogen and oxygen atoms in total. The Bertz CT molecular complexity index is 428. The Kier molecular flexibility index (Phi) is 2.88. The number of hydrogen-bond donors (Lipinski definition) is 0. The fourth-order valence-electron chi connectivity index (χ4n) is 3.35. The Balaban J connectivity index is 2.09. The van der Waals surface area contributed by atoms with E-state index in [2.05, 4.69) is 0 Å². The zero-order valence-electron chi connectivity index (χ0n) is 10.3. The van der Waals surface area contributed by atoms with Gasteiger partial charge in [-0.2, -0.15) is 0 Å². The van der Waals surface area contributed by atoms with Crippen LogP contribution in [0.5, 0.6) is 0 Å². The lowest BCUT2D eigenvalue weighted by molar-refractivity contribution is -0.180. The molecule has 1 aliphatic carbocycles. The molecule has 0 aromatic carbocycles. The quantitative estimate of drug-likeness (QED) is 0.471. The molecule has 4 fully saturated rings. The van der Waals surface area contributed by atoms with Gasteiger partial charge in [0, 0.05) is 0 Å². The van der Waals surface area contributed by atoms with Crippen LogP contribution >= 0.6 is 0 Å². The Morgan fingerprint density at radius 1 is 0.579 bits per heavy atom. The van der Waals surface area contributed by atoms with Crippen LogP contribution in [-0.4, -0.2) is 23.9 Å². The lowest BCUT2D eigenvalue weighted by Gasteiger charge is -2.27. The van der Waals surface area contributed by atoms with Gasteiger partial charge in [-0.15, -0.1) is 0 Å². The molecule has 0 spiro atoms. The summed E-state index contributed by atoms with van der Waals surface area (Å²) in [7, 11) is 0. The minimum atomic E-state index is -0.665. The molecule has 1 saturated carbocycles. The number of ether oxygens (including phenoxy) is 2. The van der Waals surface area contributed by atoms with Gasteiger partial charge in [0.1, 0.15) is 0 Å². The number of esters is 4. The van der Waals surface area contributed by atoms with E-state index in [0.717, 1.165) is 0 Å². The summed E-state index contributed by atoms with van der Waals surface area (Å²) >= 11 is 0. The molecule has 0 aromatic rings. The maximum atomic E-state index is 11.9. The highest BCUT2D eigenvalue weighted by Gasteiger charge is 2.49. The topological polar surface area (TPSA) is 86.7 Å². The van der Waals surface area contributed by atoms with E-state index < -0.39 is 47.5 Å². The minimum absolute atomic E-state index is 0.402. The van der Waals surface area contributed by atoms with E-state index in [9.17, 15) is 19.2 Å². The smallest absolute Gasteiger partial charge is 0.317 e. The van der Waals surface area contributed by atoms with Crippen molar-refractivity contribution >= 4 is 23.9 Å². The zero-order chi connectivity index (χ0) is 13.6. The molecule has 0 amide bonds. The predicted molar refractivity (Wildman–Crippen MR) is 59.2 cm³/mol. The van der Waals surface area contributed by atoms with Crippen LogP contribution in [0.3, 0.4) is 0 Å². The molecule has 0 radical (unpaired) electrons. The van der Waals surface area contributed by atoms with Crippen LogP contribution < -0.4 is 0 Å². The van der Waals surface area contributed by atoms with E-state index in [1.165, 1.54) is 0 Å². The van der Waals surface area contributed by atoms with Crippen LogP contribution in [0, 0.1) is 23.7 Å². The molecule has 4 aliphatic rings. The number of carbonyl (C=O) groups is 4. The number of fused-ring (bicyclic) bond motifs is 4. The van der Waals surface area contributed by atoms with Crippen molar-refractivity contribution in [2.24, 2.45) is 23.7 Å². The molecule has 4 rings (SSSR count). The van der Waals surface area contributed by atoms with Gasteiger partial charge < -0.3 is 9.47 Å². The molecule has 0 aromatic heterocycles. The van der Waals surface area contributed by atoms with Gasteiger partial charge in [-0.25, -0.2) is 0 Å². The molecule has 4 bridgehead atoms. The number of rotatable bonds is 0. The maximum Gasteiger partial charge on any atom is 0.317 e. The highest BCUT2D eigenvalue weighted by atomic mass is 16.6. The second-order valence-corrected chi connectivity index (χ2v) is 5.41. The van der Waals surface area contributed by atoms with Gasteiger partial charge in [0.2, 0.25) is 0 Å². The lowest BCUT2D eigenvalue weighted by atomic mass is 9.85. The van der Waals surface area contributed by atoms with Crippen LogP contribution in [0.25, 0.3) is 0 Å². The molecule has 3 heterocycles. The lowest BCUT2D eigenvalue weighted by Crippen LogP contribution is -2.40. The maximum absolute atomic E-state index is 11.9. The van der Waals surface area contributed by atoms with Gasteiger partial charge in [0.15, 0.2) is 0 Å². The first-order valence-corrected chi connectivity index (χ1v) is 6.59. The van der Waals surface area contributed by atoms with Crippen molar-refractivity contribution in [3.05, 3.63) is 0 Å². The Morgan fingerprint density at radius 2 is 0.895 bits per heavy atom. The average molecular weight is 266 g/mol. The molecule has 19 heavy (non-hydrogen) atoms. The summed E-state index contributed by atoms with van der Waals surface area (Å²) in [5.74, 6) is -5.24. The van der Waals surface area contributed by atoms with Crippen LogP contribution in [0.1, 0.15) is 32.1 Å². The van der Waals surface area contributed by atoms with Crippen LogP contribution in [-0.2, 0) is 28.7 Å². The summed E-state index contributed by atoms with van der Waals surface area (Å²) in [6.07, 6.45) is 2.45. The fraction of sp³-hybridized carbons (Fsp3) is 0.692. The van der Waals surface area contributed by atoms with Gasteiger partial charge in [-0.1, -0.05) is 6.42 Å². The number of hydrogen-bond acceptors (Lipinski definition) is 6. The summed E-state index contributed by atoms with van der Waals surface area (Å²) in [6, 6.07) is 0. The highest BCUT2D eigenvalue weighted by molar-refractivity contribution is 5.97. The summed E-state index contributed by atoms with van der Waals surface area (Å²) in [5.41, 5.74) is 0. The molecule has 6 heteroatoms. The van der Waals surface area contributed by atoms with Crippen molar-refractivity contribution in [2.45, 2.75) is 32.1 Å². The van der Waals surface area contributed by atoms with Gasteiger partial charge in [-0.05, 0) is 25.7 Å². The van der Waals surface area contributed by atoms with E-state index in [-0.39, 0.29) is 0 Å². The first-order valence-electron chi connectivity index (χ1n) is 6.59. The molecule has 102 valence electrons. The number of carbonyl (C=O) groups excluding carboxylic acids is 4. The average Bonchev–Trinajstić information content (AvgIpc) is 2.44. The number of cyclic esters (lactones) is 2. The predicted octanol–water partition coefficient (Wildman–Crippen LogP) is 0.582. The third-order valence-electron chi connectivity index (χ3n) is 4.40. The largest absolute Gasteiger partial charge is 0.393 e. The summed E-state index contributed by atoms with van der Waals surface area (Å²) < 4.78 is 9.64. The van der Waals surface area contributed by atoms with E-state index >= 15 is 0 Å². The van der Waals surface area contributed by atoms with Crippen molar-refractivity contribution in [3.63, 3.8) is 0 Å². The molecule has 3 saturated heterocycles. The van der Waals surface area contributed by atoms with Gasteiger partial charge in [0.25, 0.3) is 0 Å². The van der Waals surface area contributed by atoms with E-state index in [1.54, 1.807) is 0 Å². The van der Waals surface area contributed by atoms with Crippen molar-refractivity contribution < 1.29 is 28.7 Å².